The van der Waals surface area contributed by atoms with Crippen LogP contribution in [0, 0.1) is 5.92 Å². The number of hydrogen-bond donors (Lipinski definition) is 0. The Kier molecular flexibility index (Phi) is 5.85. The number of hydrogen-bond acceptors (Lipinski definition) is 6. The molecule has 0 aromatic heterocycles. The zero-order valence-corrected chi connectivity index (χ0v) is 19.8. The number of methoxy groups -OCH3 is 2. The number of ether oxygens (including phenoxy) is 2. The minimum atomic E-state index is -1.02. The van der Waals surface area contributed by atoms with Gasteiger partial charge >= 0.3 is 0 Å². The van der Waals surface area contributed by atoms with Crippen LogP contribution in [0.15, 0.2) is 66.7 Å². The van der Waals surface area contributed by atoms with Gasteiger partial charge in [0.25, 0.3) is 5.91 Å². The Morgan fingerprint density at radius 2 is 1.59 bits per heavy atom. The lowest BCUT2D eigenvalue weighted by atomic mass is 9.89. The largest absolute Gasteiger partial charge is 0.497 e. The maximum absolute atomic E-state index is 13.8. The molecule has 7 nitrogen and oxygen atoms in total. The van der Waals surface area contributed by atoms with Gasteiger partial charge in [0.05, 0.1) is 35.6 Å². The highest BCUT2D eigenvalue weighted by atomic mass is 35.5. The molecule has 5 rings (SSSR count). The van der Waals surface area contributed by atoms with Crippen LogP contribution >= 0.6 is 23.2 Å². The van der Waals surface area contributed by atoms with Gasteiger partial charge in [-0.2, -0.15) is 0 Å². The number of benzene rings is 3. The standard InChI is InChI=1S/C25H20Cl2N2O5/c1-32-16-9-11-20(33-2)17(13-16)22-21-23(34-29(22)14-6-4-3-5-7-14)25(31)28(24(21)30)15-8-10-18(26)19(27)12-15/h3-13,21-23H,1-2H3/t21-,22-,23-/m0/s1. The third-order valence-corrected chi connectivity index (χ3v) is 6.78. The molecule has 2 aliphatic heterocycles. The molecule has 0 radical (unpaired) electrons. The van der Waals surface area contributed by atoms with E-state index in [2.05, 4.69) is 0 Å². The van der Waals surface area contributed by atoms with Crippen molar-refractivity contribution >= 4 is 46.4 Å². The average Bonchev–Trinajstić information content (AvgIpc) is 3.37. The third-order valence-electron chi connectivity index (χ3n) is 6.04. The van der Waals surface area contributed by atoms with Crippen molar-refractivity contribution in [2.45, 2.75) is 12.1 Å². The lowest BCUT2D eigenvalue weighted by Crippen LogP contribution is -2.37. The number of halogens is 2. The number of hydroxylamine groups is 1. The summed E-state index contributed by atoms with van der Waals surface area (Å²) < 4.78 is 11.0. The highest BCUT2D eigenvalue weighted by molar-refractivity contribution is 6.42. The first kappa shape index (κ1) is 22.5. The van der Waals surface area contributed by atoms with E-state index in [1.165, 1.54) is 6.07 Å². The van der Waals surface area contributed by atoms with Crippen LogP contribution in [-0.2, 0) is 14.4 Å². The van der Waals surface area contributed by atoms with Crippen LogP contribution in [0.4, 0.5) is 11.4 Å². The second kappa shape index (κ2) is 8.83. The Labute approximate surface area is 206 Å². The monoisotopic (exact) mass is 498 g/mol. The van der Waals surface area contributed by atoms with Crippen LogP contribution in [-0.4, -0.2) is 32.1 Å². The van der Waals surface area contributed by atoms with E-state index in [0.29, 0.717) is 33.5 Å². The molecule has 2 heterocycles. The van der Waals surface area contributed by atoms with Gasteiger partial charge in [-0.1, -0.05) is 41.4 Å². The SMILES string of the molecule is COc1ccc(OC)c([C@H]2[C@@H]3C(=O)N(c4ccc(Cl)c(Cl)c4)C(=O)[C@H]3ON2c2ccccc2)c1. The number of nitrogens with zero attached hydrogens (tertiary/aromatic N) is 2. The summed E-state index contributed by atoms with van der Waals surface area (Å²) in [7, 11) is 3.11. The predicted octanol–water partition coefficient (Wildman–Crippen LogP) is 5.06. The van der Waals surface area contributed by atoms with E-state index in [9.17, 15) is 9.59 Å². The van der Waals surface area contributed by atoms with Crippen LogP contribution in [0.3, 0.4) is 0 Å². The topological polar surface area (TPSA) is 68.3 Å². The summed E-state index contributed by atoms with van der Waals surface area (Å²) in [5.41, 5.74) is 1.70. The van der Waals surface area contributed by atoms with Gasteiger partial charge in [-0.15, -0.1) is 0 Å². The lowest BCUT2D eigenvalue weighted by Gasteiger charge is -2.29. The summed E-state index contributed by atoms with van der Waals surface area (Å²) >= 11 is 12.2. The molecule has 0 unspecified atom stereocenters. The summed E-state index contributed by atoms with van der Waals surface area (Å²) in [6.07, 6.45) is -1.02. The average molecular weight is 499 g/mol. The van der Waals surface area contributed by atoms with Crippen LogP contribution in [0.2, 0.25) is 10.0 Å². The number of para-hydroxylation sites is 1. The maximum Gasteiger partial charge on any atom is 0.266 e. The number of carbonyl (C=O) groups is 2. The van der Waals surface area contributed by atoms with Gasteiger partial charge in [-0.05, 0) is 48.5 Å². The minimum absolute atomic E-state index is 0.245. The Bertz CT molecular complexity index is 1270. The van der Waals surface area contributed by atoms with Crippen LogP contribution in [0.5, 0.6) is 11.5 Å². The van der Waals surface area contributed by atoms with E-state index in [4.69, 9.17) is 37.5 Å². The molecule has 3 aromatic carbocycles. The van der Waals surface area contributed by atoms with E-state index in [-0.39, 0.29) is 5.02 Å². The fourth-order valence-electron chi connectivity index (χ4n) is 4.48. The Balaban J connectivity index is 1.64. The number of amides is 2. The molecule has 9 heteroatoms. The molecule has 0 saturated carbocycles. The summed E-state index contributed by atoms with van der Waals surface area (Å²) in [6.45, 7) is 0. The van der Waals surface area contributed by atoms with Crippen molar-refractivity contribution in [2.24, 2.45) is 5.92 Å². The van der Waals surface area contributed by atoms with Gasteiger partial charge in [-0.3, -0.25) is 14.4 Å². The second-order valence-corrected chi connectivity index (χ2v) is 8.69. The summed E-state index contributed by atoms with van der Waals surface area (Å²) in [4.78, 5) is 34.5. The van der Waals surface area contributed by atoms with Gasteiger partial charge < -0.3 is 9.47 Å². The molecule has 2 saturated heterocycles. The van der Waals surface area contributed by atoms with E-state index in [0.717, 1.165) is 4.90 Å². The highest BCUT2D eigenvalue weighted by Crippen LogP contribution is 2.50. The molecule has 0 aliphatic carbocycles. The first-order valence-corrected chi connectivity index (χ1v) is 11.3. The van der Waals surface area contributed by atoms with Gasteiger partial charge in [0, 0.05) is 5.56 Å². The molecule has 2 fully saturated rings. The third kappa shape index (κ3) is 3.57. The highest BCUT2D eigenvalue weighted by Gasteiger charge is 2.60. The van der Waals surface area contributed by atoms with E-state index >= 15 is 0 Å². The van der Waals surface area contributed by atoms with Gasteiger partial charge in [-0.25, -0.2) is 9.96 Å². The molecular formula is C25H20Cl2N2O5. The van der Waals surface area contributed by atoms with Crippen molar-refractivity contribution < 1.29 is 23.9 Å². The van der Waals surface area contributed by atoms with E-state index < -0.39 is 29.9 Å². The van der Waals surface area contributed by atoms with Crippen molar-refractivity contribution in [3.8, 4) is 11.5 Å². The quantitative estimate of drug-likeness (QED) is 0.458. The zero-order valence-electron chi connectivity index (χ0n) is 18.3. The minimum Gasteiger partial charge on any atom is -0.497 e. The maximum atomic E-state index is 13.8. The van der Waals surface area contributed by atoms with Crippen molar-refractivity contribution in [1.82, 2.24) is 0 Å². The van der Waals surface area contributed by atoms with Crippen LogP contribution < -0.4 is 19.4 Å². The molecule has 174 valence electrons. The number of rotatable bonds is 5. The first-order chi connectivity index (χ1) is 16.4. The number of carbonyl (C=O) groups excluding carboxylic acids is 2. The van der Waals surface area contributed by atoms with E-state index in [1.807, 2.05) is 30.3 Å². The Hall–Kier alpha value is -3.26. The molecule has 2 amide bonds. The predicted molar refractivity (Wildman–Crippen MR) is 129 cm³/mol. The summed E-state index contributed by atoms with van der Waals surface area (Å²) in [6, 6.07) is 18.6. The molecule has 0 N–H and O–H groups in total. The Morgan fingerprint density at radius 3 is 2.26 bits per heavy atom. The zero-order chi connectivity index (χ0) is 24.0. The molecule has 2 aliphatic rings. The molecule has 3 aromatic rings. The van der Waals surface area contributed by atoms with Gasteiger partial charge in [0.2, 0.25) is 5.91 Å². The van der Waals surface area contributed by atoms with Gasteiger partial charge in [0.1, 0.15) is 23.5 Å². The van der Waals surface area contributed by atoms with Gasteiger partial charge in [0.15, 0.2) is 6.10 Å². The number of fused-ring (bicyclic) bond motifs is 1. The second-order valence-electron chi connectivity index (χ2n) is 7.88. The smallest absolute Gasteiger partial charge is 0.266 e. The summed E-state index contributed by atoms with van der Waals surface area (Å²) in [5, 5.41) is 2.18. The Morgan fingerprint density at radius 1 is 0.824 bits per heavy atom. The molecule has 0 spiro atoms. The van der Waals surface area contributed by atoms with Crippen LogP contribution in [0.25, 0.3) is 0 Å². The molecular weight excluding hydrogens is 479 g/mol. The fraction of sp³-hybridized carbons (Fsp3) is 0.200. The van der Waals surface area contributed by atoms with Crippen molar-refractivity contribution in [3.05, 3.63) is 82.3 Å². The van der Waals surface area contributed by atoms with Crippen molar-refractivity contribution in [1.29, 1.82) is 0 Å². The van der Waals surface area contributed by atoms with Crippen molar-refractivity contribution in [3.63, 3.8) is 0 Å². The summed E-state index contributed by atoms with van der Waals surface area (Å²) in [5.74, 6) is -0.571. The molecule has 3 atom stereocenters. The van der Waals surface area contributed by atoms with Crippen molar-refractivity contribution in [2.75, 3.05) is 24.2 Å². The molecule has 34 heavy (non-hydrogen) atoms. The lowest BCUT2D eigenvalue weighted by molar-refractivity contribution is -0.126. The normalized spacial score (nSPS) is 21.7. The van der Waals surface area contributed by atoms with E-state index in [1.54, 1.807) is 49.6 Å². The van der Waals surface area contributed by atoms with Crippen LogP contribution in [0.1, 0.15) is 11.6 Å². The first-order valence-electron chi connectivity index (χ1n) is 10.5. The molecule has 0 bridgehead atoms. The fourth-order valence-corrected chi connectivity index (χ4v) is 4.77. The number of imide groups is 1. The number of anilines is 2.